The summed E-state index contributed by atoms with van der Waals surface area (Å²) in [6.07, 6.45) is 4.94. The van der Waals surface area contributed by atoms with Crippen molar-refractivity contribution in [1.82, 2.24) is 24.1 Å². The van der Waals surface area contributed by atoms with Crippen LogP contribution in [-0.4, -0.2) is 45.6 Å². The molecular weight excluding hydrogens is 314 g/mol. The van der Waals surface area contributed by atoms with Gasteiger partial charge in [-0.3, -0.25) is 0 Å². The molecule has 23 heavy (non-hydrogen) atoms. The number of sulfonamides is 1. The number of rotatable bonds is 4. The Labute approximate surface area is 136 Å². The molecule has 1 aliphatic rings. The smallest absolute Gasteiger partial charge is 0.260 e. The molecule has 0 aliphatic carbocycles. The van der Waals surface area contributed by atoms with E-state index in [1.165, 1.54) is 16.6 Å². The lowest BCUT2D eigenvalue weighted by Crippen LogP contribution is -2.40. The Balaban J connectivity index is 1.85. The van der Waals surface area contributed by atoms with Crippen molar-refractivity contribution in [2.75, 3.05) is 13.1 Å². The fraction of sp³-hybridized carbons (Fsp3) is 0.533. The molecule has 1 unspecified atom stereocenters. The number of pyridine rings is 1. The predicted molar refractivity (Wildman–Crippen MR) is 85.4 cm³/mol. The molecule has 0 N–H and O–H groups in total. The van der Waals surface area contributed by atoms with E-state index < -0.39 is 10.0 Å². The van der Waals surface area contributed by atoms with Crippen molar-refractivity contribution < 1.29 is 8.42 Å². The maximum atomic E-state index is 12.7. The van der Waals surface area contributed by atoms with Crippen LogP contribution >= 0.6 is 0 Å². The van der Waals surface area contributed by atoms with Crippen LogP contribution in [0.15, 0.2) is 35.7 Å². The molecule has 2 aromatic heterocycles. The standard InChI is InChI=1S/C15H21N5O2S/c1-12(2)20-11-17-18-15(20)13-6-5-9-19(10-13)23(21,22)14-7-3-4-8-16-14/h3-4,7-8,11-13H,5-6,9-10H2,1-2H3. The van der Waals surface area contributed by atoms with Gasteiger partial charge in [0.25, 0.3) is 10.0 Å². The van der Waals surface area contributed by atoms with Gasteiger partial charge in [0.05, 0.1) is 0 Å². The molecule has 7 nitrogen and oxygen atoms in total. The molecule has 1 fully saturated rings. The number of piperidine rings is 1. The molecule has 3 rings (SSSR count). The highest BCUT2D eigenvalue weighted by Gasteiger charge is 2.33. The van der Waals surface area contributed by atoms with Gasteiger partial charge in [-0.25, -0.2) is 13.4 Å². The Kier molecular flexibility index (Phi) is 4.45. The van der Waals surface area contributed by atoms with Crippen molar-refractivity contribution in [3.63, 3.8) is 0 Å². The van der Waals surface area contributed by atoms with Crippen LogP contribution in [0.3, 0.4) is 0 Å². The van der Waals surface area contributed by atoms with E-state index in [9.17, 15) is 8.42 Å². The SMILES string of the molecule is CC(C)n1cnnc1C1CCCN(S(=O)(=O)c2ccccn2)C1. The van der Waals surface area contributed by atoms with E-state index in [1.807, 2.05) is 4.57 Å². The molecule has 2 aromatic rings. The molecule has 0 bridgehead atoms. The second-order valence-corrected chi connectivity index (χ2v) is 7.95. The van der Waals surface area contributed by atoms with Crippen molar-refractivity contribution in [3.05, 3.63) is 36.5 Å². The van der Waals surface area contributed by atoms with Crippen molar-refractivity contribution >= 4 is 10.0 Å². The Morgan fingerprint density at radius 1 is 1.30 bits per heavy atom. The molecule has 0 spiro atoms. The molecule has 1 aliphatic heterocycles. The number of hydrogen-bond acceptors (Lipinski definition) is 5. The van der Waals surface area contributed by atoms with E-state index in [4.69, 9.17) is 0 Å². The Hall–Kier alpha value is -1.80. The number of aromatic nitrogens is 4. The van der Waals surface area contributed by atoms with E-state index in [0.717, 1.165) is 18.7 Å². The van der Waals surface area contributed by atoms with E-state index >= 15 is 0 Å². The summed E-state index contributed by atoms with van der Waals surface area (Å²) in [5.41, 5.74) is 0. The normalized spacial score (nSPS) is 20.0. The van der Waals surface area contributed by atoms with E-state index in [1.54, 1.807) is 18.5 Å². The summed E-state index contributed by atoms with van der Waals surface area (Å²) in [6.45, 7) is 5.08. The average molecular weight is 335 g/mol. The first kappa shape index (κ1) is 16.1. The third-order valence-corrected chi connectivity index (χ3v) is 5.93. The quantitative estimate of drug-likeness (QED) is 0.851. The van der Waals surface area contributed by atoms with Gasteiger partial charge in [0.15, 0.2) is 5.03 Å². The second kappa shape index (κ2) is 6.37. The molecule has 3 heterocycles. The van der Waals surface area contributed by atoms with Crippen LogP contribution in [-0.2, 0) is 10.0 Å². The monoisotopic (exact) mass is 335 g/mol. The average Bonchev–Trinajstić information content (AvgIpc) is 3.06. The predicted octanol–water partition coefficient (Wildman–Crippen LogP) is 1.82. The third kappa shape index (κ3) is 3.13. The van der Waals surface area contributed by atoms with Gasteiger partial charge in [-0.05, 0) is 38.8 Å². The second-order valence-electron chi connectivity index (χ2n) is 6.06. The fourth-order valence-corrected chi connectivity index (χ4v) is 4.40. The lowest BCUT2D eigenvalue weighted by Gasteiger charge is -2.31. The molecule has 124 valence electrons. The summed E-state index contributed by atoms with van der Waals surface area (Å²) in [4.78, 5) is 4.00. The largest absolute Gasteiger partial charge is 0.315 e. The molecule has 0 amide bonds. The summed E-state index contributed by atoms with van der Waals surface area (Å²) < 4.78 is 29.0. The minimum absolute atomic E-state index is 0.0622. The first-order valence-electron chi connectivity index (χ1n) is 7.80. The zero-order valence-electron chi connectivity index (χ0n) is 13.3. The fourth-order valence-electron chi connectivity index (χ4n) is 2.95. The maximum absolute atomic E-state index is 12.7. The van der Waals surface area contributed by atoms with E-state index in [2.05, 4.69) is 29.0 Å². The first-order valence-corrected chi connectivity index (χ1v) is 9.24. The van der Waals surface area contributed by atoms with Gasteiger partial charge in [-0.2, -0.15) is 4.31 Å². The van der Waals surface area contributed by atoms with Crippen LogP contribution in [0.25, 0.3) is 0 Å². The Morgan fingerprint density at radius 3 is 2.83 bits per heavy atom. The Bertz CT molecular complexity index is 757. The summed E-state index contributed by atoms with van der Waals surface area (Å²) in [5, 5.41) is 8.33. The summed E-state index contributed by atoms with van der Waals surface area (Å²) in [6, 6.07) is 5.19. The van der Waals surface area contributed by atoms with Crippen molar-refractivity contribution in [1.29, 1.82) is 0 Å². The van der Waals surface area contributed by atoms with Gasteiger partial charge in [0.2, 0.25) is 0 Å². The van der Waals surface area contributed by atoms with Crippen LogP contribution in [0.1, 0.15) is 44.5 Å². The highest BCUT2D eigenvalue weighted by Crippen LogP contribution is 2.29. The summed E-state index contributed by atoms with van der Waals surface area (Å²) in [5.74, 6) is 0.924. The van der Waals surface area contributed by atoms with Gasteiger partial charge in [0, 0.05) is 31.2 Å². The number of hydrogen-bond donors (Lipinski definition) is 0. The van der Waals surface area contributed by atoms with E-state index in [-0.39, 0.29) is 17.0 Å². The van der Waals surface area contributed by atoms with Crippen LogP contribution in [0.4, 0.5) is 0 Å². The highest BCUT2D eigenvalue weighted by atomic mass is 32.2. The zero-order valence-corrected chi connectivity index (χ0v) is 14.1. The number of nitrogens with zero attached hydrogens (tertiary/aromatic N) is 5. The maximum Gasteiger partial charge on any atom is 0.260 e. The lowest BCUT2D eigenvalue weighted by molar-refractivity contribution is 0.301. The molecule has 1 saturated heterocycles. The Morgan fingerprint density at radius 2 is 2.13 bits per heavy atom. The molecule has 0 radical (unpaired) electrons. The van der Waals surface area contributed by atoms with Crippen molar-refractivity contribution in [2.45, 2.75) is 43.7 Å². The van der Waals surface area contributed by atoms with Gasteiger partial charge < -0.3 is 4.57 Å². The van der Waals surface area contributed by atoms with Crippen molar-refractivity contribution in [3.8, 4) is 0 Å². The highest BCUT2D eigenvalue weighted by molar-refractivity contribution is 7.89. The molecular formula is C15H21N5O2S. The molecule has 0 saturated carbocycles. The van der Waals surface area contributed by atoms with Gasteiger partial charge in [0.1, 0.15) is 12.2 Å². The molecule has 0 aromatic carbocycles. The van der Waals surface area contributed by atoms with Crippen LogP contribution in [0.5, 0.6) is 0 Å². The van der Waals surface area contributed by atoms with Gasteiger partial charge in [-0.15, -0.1) is 10.2 Å². The summed E-state index contributed by atoms with van der Waals surface area (Å²) in [7, 11) is -3.55. The summed E-state index contributed by atoms with van der Waals surface area (Å²) >= 11 is 0. The lowest BCUT2D eigenvalue weighted by atomic mass is 9.98. The van der Waals surface area contributed by atoms with Crippen LogP contribution in [0, 0.1) is 0 Å². The minimum atomic E-state index is -3.55. The topological polar surface area (TPSA) is 81.0 Å². The van der Waals surface area contributed by atoms with E-state index in [0.29, 0.717) is 13.1 Å². The molecule has 8 heteroatoms. The van der Waals surface area contributed by atoms with Gasteiger partial charge >= 0.3 is 0 Å². The van der Waals surface area contributed by atoms with Gasteiger partial charge in [-0.1, -0.05) is 6.07 Å². The zero-order chi connectivity index (χ0) is 16.4. The van der Waals surface area contributed by atoms with Crippen LogP contribution in [0.2, 0.25) is 0 Å². The molecule has 1 atom stereocenters. The minimum Gasteiger partial charge on any atom is -0.315 e. The first-order chi connectivity index (χ1) is 11.0. The van der Waals surface area contributed by atoms with Crippen molar-refractivity contribution in [2.24, 2.45) is 0 Å². The third-order valence-electron chi connectivity index (χ3n) is 4.15. The van der Waals surface area contributed by atoms with Crippen LogP contribution < -0.4 is 0 Å².